The lowest BCUT2D eigenvalue weighted by molar-refractivity contribution is 0.227. The molecule has 0 spiro atoms. The second-order valence-electron chi connectivity index (χ2n) is 5.02. The van der Waals surface area contributed by atoms with Crippen molar-refractivity contribution >= 4 is 0 Å². The minimum atomic E-state index is 0.114. The number of rotatable bonds is 6. The van der Waals surface area contributed by atoms with Crippen molar-refractivity contribution in [1.82, 2.24) is 15.1 Å². The molecule has 0 aliphatic carbocycles. The van der Waals surface area contributed by atoms with E-state index in [1.54, 1.807) is 4.68 Å². The number of ether oxygens (including phenoxy) is 1. The number of hydrogen-bond acceptors (Lipinski definition) is 4. The van der Waals surface area contributed by atoms with Gasteiger partial charge in [0, 0.05) is 31.3 Å². The molecule has 5 heteroatoms. The van der Waals surface area contributed by atoms with Crippen LogP contribution < -0.4 is 10.1 Å². The Morgan fingerprint density at radius 2 is 2.30 bits per heavy atom. The molecule has 2 N–H and O–H groups in total. The molecule has 1 aliphatic heterocycles. The summed E-state index contributed by atoms with van der Waals surface area (Å²) in [4.78, 5) is 0. The van der Waals surface area contributed by atoms with Crippen LogP contribution in [0.3, 0.4) is 0 Å². The molecule has 2 aromatic rings. The van der Waals surface area contributed by atoms with Crippen LogP contribution in [0.1, 0.15) is 11.1 Å². The summed E-state index contributed by atoms with van der Waals surface area (Å²) in [6, 6.07) is 8.19. The zero-order valence-corrected chi connectivity index (χ0v) is 11.3. The lowest BCUT2D eigenvalue weighted by Gasteiger charge is -2.11. The molecule has 0 bridgehead atoms. The van der Waals surface area contributed by atoms with Crippen LogP contribution in [0.25, 0.3) is 0 Å². The summed E-state index contributed by atoms with van der Waals surface area (Å²) in [6.45, 7) is 2.24. The van der Waals surface area contributed by atoms with Crippen molar-refractivity contribution in [2.24, 2.45) is 0 Å². The predicted octanol–water partition coefficient (Wildman–Crippen LogP) is 0.969. The standard InChI is InChI=1S/C15H19N3O2/c19-6-5-18-11-12(9-17-18)8-16-10-14-7-13-3-1-2-4-15(13)20-14/h1-4,9,11,14,16,19H,5-8,10H2. The van der Waals surface area contributed by atoms with Crippen molar-refractivity contribution in [3.05, 3.63) is 47.8 Å². The van der Waals surface area contributed by atoms with Gasteiger partial charge < -0.3 is 15.2 Å². The van der Waals surface area contributed by atoms with Gasteiger partial charge in [-0.15, -0.1) is 0 Å². The smallest absolute Gasteiger partial charge is 0.123 e. The van der Waals surface area contributed by atoms with Crippen molar-refractivity contribution in [3.8, 4) is 5.75 Å². The molecule has 1 atom stereocenters. The molecule has 2 heterocycles. The van der Waals surface area contributed by atoms with Crippen LogP contribution >= 0.6 is 0 Å². The summed E-state index contributed by atoms with van der Waals surface area (Å²) in [5.41, 5.74) is 2.41. The minimum absolute atomic E-state index is 0.114. The van der Waals surface area contributed by atoms with E-state index in [-0.39, 0.29) is 12.7 Å². The van der Waals surface area contributed by atoms with E-state index in [4.69, 9.17) is 9.84 Å². The van der Waals surface area contributed by atoms with Gasteiger partial charge >= 0.3 is 0 Å². The molecular formula is C15H19N3O2. The van der Waals surface area contributed by atoms with Crippen LogP contribution in [0.4, 0.5) is 0 Å². The van der Waals surface area contributed by atoms with E-state index in [1.807, 2.05) is 30.6 Å². The fourth-order valence-electron chi connectivity index (χ4n) is 2.47. The second-order valence-corrected chi connectivity index (χ2v) is 5.02. The summed E-state index contributed by atoms with van der Waals surface area (Å²) >= 11 is 0. The van der Waals surface area contributed by atoms with E-state index in [1.165, 1.54) is 5.56 Å². The number of aliphatic hydroxyl groups is 1. The Labute approximate surface area is 118 Å². The third-order valence-corrected chi connectivity index (χ3v) is 3.43. The fraction of sp³-hybridized carbons (Fsp3) is 0.400. The van der Waals surface area contributed by atoms with Crippen molar-refractivity contribution in [2.45, 2.75) is 25.6 Å². The molecule has 5 nitrogen and oxygen atoms in total. The number of fused-ring (bicyclic) bond motifs is 1. The lowest BCUT2D eigenvalue weighted by atomic mass is 10.1. The minimum Gasteiger partial charge on any atom is -0.488 e. The van der Waals surface area contributed by atoms with Crippen LogP contribution in [-0.2, 0) is 19.5 Å². The highest BCUT2D eigenvalue weighted by Crippen LogP contribution is 2.27. The zero-order valence-electron chi connectivity index (χ0n) is 11.3. The molecule has 1 aromatic heterocycles. The average molecular weight is 273 g/mol. The largest absolute Gasteiger partial charge is 0.488 e. The SMILES string of the molecule is OCCn1cc(CNCC2Cc3ccccc3O2)cn1. The summed E-state index contributed by atoms with van der Waals surface area (Å²) in [6.07, 6.45) is 4.95. The van der Waals surface area contributed by atoms with Crippen molar-refractivity contribution in [3.63, 3.8) is 0 Å². The van der Waals surface area contributed by atoms with Crippen molar-refractivity contribution in [1.29, 1.82) is 0 Å². The molecule has 1 unspecified atom stereocenters. The van der Waals surface area contributed by atoms with Gasteiger partial charge in [0.15, 0.2) is 0 Å². The number of benzene rings is 1. The topological polar surface area (TPSA) is 59.3 Å². The van der Waals surface area contributed by atoms with Crippen LogP contribution in [0.15, 0.2) is 36.7 Å². The molecule has 1 aromatic carbocycles. The van der Waals surface area contributed by atoms with E-state index in [2.05, 4.69) is 16.5 Å². The van der Waals surface area contributed by atoms with Gasteiger partial charge in [0.1, 0.15) is 11.9 Å². The van der Waals surface area contributed by atoms with Crippen LogP contribution in [0.2, 0.25) is 0 Å². The summed E-state index contributed by atoms with van der Waals surface area (Å²) in [5.74, 6) is 1.01. The Kier molecular flexibility index (Phi) is 3.99. The van der Waals surface area contributed by atoms with E-state index in [0.717, 1.165) is 30.8 Å². The molecule has 106 valence electrons. The molecule has 0 amide bonds. The third-order valence-electron chi connectivity index (χ3n) is 3.43. The van der Waals surface area contributed by atoms with E-state index in [9.17, 15) is 0 Å². The van der Waals surface area contributed by atoms with Gasteiger partial charge in [-0.1, -0.05) is 18.2 Å². The average Bonchev–Trinajstić information content (AvgIpc) is 3.05. The fourth-order valence-corrected chi connectivity index (χ4v) is 2.47. The third kappa shape index (κ3) is 3.00. The van der Waals surface area contributed by atoms with Gasteiger partial charge in [0.2, 0.25) is 0 Å². The maximum Gasteiger partial charge on any atom is 0.123 e. The van der Waals surface area contributed by atoms with Crippen LogP contribution in [-0.4, -0.2) is 34.1 Å². The Hall–Kier alpha value is -1.85. The summed E-state index contributed by atoms with van der Waals surface area (Å²) in [7, 11) is 0. The lowest BCUT2D eigenvalue weighted by Crippen LogP contribution is -2.29. The monoisotopic (exact) mass is 273 g/mol. The highest BCUT2D eigenvalue weighted by atomic mass is 16.5. The first-order chi connectivity index (χ1) is 9.85. The van der Waals surface area contributed by atoms with Crippen molar-refractivity contribution in [2.75, 3.05) is 13.2 Å². The van der Waals surface area contributed by atoms with E-state index >= 15 is 0 Å². The molecule has 20 heavy (non-hydrogen) atoms. The molecule has 1 aliphatic rings. The zero-order chi connectivity index (χ0) is 13.8. The van der Waals surface area contributed by atoms with Gasteiger partial charge in [-0.25, -0.2) is 0 Å². The first kappa shape index (κ1) is 13.1. The molecule has 0 saturated carbocycles. The number of para-hydroxylation sites is 1. The van der Waals surface area contributed by atoms with E-state index < -0.39 is 0 Å². The van der Waals surface area contributed by atoms with Gasteiger partial charge in [-0.05, 0) is 11.6 Å². The molecular weight excluding hydrogens is 254 g/mol. The Balaban J connectivity index is 1.44. The highest BCUT2D eigenvalue weighted by molar-refractivity contribution is 5.37. The predicted molar refractivity (Wildman–Crippen MR) is 75.6 cm³/mol. The number of nitrogens with one attached hydrogen (secondary N) is 1. The molecule has 0 fully saturated rings. The number of nitrogens with zero attached hydrogens (tertiary/aromatic N) is 2. The number of aliphatic hydroxyl groups excluding tert-OH is 1. The molecule has 0 radical (unpaired) electrons. The number of hydrogen-bond donors (Lipinski definition) is 2. The van der Waals surface area contributed by atoms with Crippen LogP contribution in [0, 0.1) is 0 Å². The molecule has 0 saturated heterocycles. The van der Waals surface area contributed by atoms with Gasteiger partial charge in [0.25, 0.3) is 0 Å². The van der Waals surface area contributed by atoms with Crippen LogP contribution in [0.5, 0.6) is 5.75 Å². The maximum atomic E-state index is 8.84. The Morgan fingerprint density at radius 1 is 1.40 bits per heavy atom. The Morgan fingerprint density at radius 3 is 3.15 bits per heavy atom. The summed E-state index contributed by atoms with van der Waals surface area (Å²) < 4.78 is 7.62. The highest BCUT2D eigenvalue weighted by Gasteiger charge is 2.21. The first-order valence-electron chi connectivity index (χ1n) is 6.92. The van der Waals surface area contributed by atoms with Crippen molar-refractivity contribution < 1.29 is 9.84 Å². The first-order valence-corrected chi connectivity index (χ1v) is 6.92. The molecule has 3 rings (SSSR count). The second kappa shape index (κ2) is 6.07. The quantitative estimate of drug-likeness (QED) is 0.823. The van der Waals surface area contributed by atoms with Gasteiger partial charge in [0.05, 0.1) is 19.3 Å². The van der Waals surface area contributed by atoms with Gasteiger partial charge in [-0.2, -0.15) is 5.10 Å². The Bertz CT molecular complexity index is 543. The van der Waals surface area contributed by atoms with E-state index in [0.29, 0.717) is 6.54 Å². The summed E-state index contributed by atoms with van der Waals surface area (Å²) in [5, 5.41) is 16.4. The normalized spacial score (nSPS) is 16.9. The maximum absolute atomic E-state index is 8.84. The number of aromatic nitrogens is 2. The van der Waals surface area contributed by atoms with Gasteiger partial charge in [-0.3, -0.25) is 4.68 Å².